The molecule has 0 radical (unpaired) electrons. The summed E-state index contributed by atoms with van der Waals surface area (Å²) in [6, 6.07) is 9.20. The molecule has 0 aliphatic carbocycles. The Hall–Kier alpha value is -1.81. The number of carbonyl (C=O) groups excluding carboxylic acids is 1. The van der Waals surface area contributed by atoms with Gasteiger partial charge in [0.05, 0.1) is 12.5 Å². The van der Waals surface area contributed by atoms with E-state index in [-0.39, 0.29) is 17.7 Å². The molecule has 1 atom stereocenters. The summed E-state index contributed by atoms with van der Waals surface area (Å²) in [5.74, 6) is 0.335. The molecule has 3 rings (SSSR count). The topological polar surface area (TPSA) is 40.5 Å². The highest BCUT2D eigenvalue weighted by molar-refractivity contribution is 7.10. The molecule has 3 nitrogen and oxygen atoms in total. The van der Waals surface area contributed by atoms with Crippen LogP contribution >= 0.6 is 11.3 Å². The molecular weight excluding hydrogens is 270 g/mol. The fraction of sp³-hybridized carbons (Fsp3) is 0.312. The second-order valence-corrected chi connectivity index (χ2v) is 6.16. The Morgan fingerprint density at radius 1 is 1.45 bits per heavy atom. The largest absolute Gasteiger partial charge is 0.508 e. The Bertz CT molecular complexity index is 635. The van der Waals surface area contributed by atoms with Gasteiger partial charge in [0.25, 0.3) is 0 Å². The van der Waals surface area contributed by atoms with Crippen molar-refractivity contribution < 1.29 is 9.90 Å². The molecule has 4 heteroatoms. The van der Waals surface area contributed by atoms with Crippen LogP contribution in [0.1, 0.15) is 29.0 Å². The minimum Gasteiger partial charge on any atom is -0.508 e. The van der Waals surface area contributed by atoms with Crippen molar-refractivity contribution in [3.05, 3.63) is 51.7 Å². The van der Waals surface area contributed by atoms with E-state index in [1.807, 2.05) is 11.0 Å². The van der Waals surface area contributed by atoms with Gasteiger partial charge in [-0.25, -0.2) is 0 Å². The molecule has 2 aromatic rings. The van der Waals surface area contributed by atoms with Crippen molar-refractivity contribution in [2.45, 2.75) is 25.8 Å². The van der Waals surface area contributed by atoms with Crippen LogP contribution in [0.2, 0.25) is 0 Å². The van der Waals surface area contributed by atoms with Gasteiger partial charge in [-0.3, -0.25) is 4.79 Å². The third kappa shape index (κ3) is 2.43. The lowest BCUT2D eigenvalue weighted by atomic mass is 10.0. The number of nitrogens with zero attached hydrogens (tertiary/aromatic N) is 1. The van der Waals surface area contributed by atoms with Crippen LogP contribution in [0.5, 0.6) is 5.75 Å². The first-order chi connectivity index (χ1) is 9.65. The maximum absolute atomic E-state index is 12.5. The zero-order valence-corrected chi connectivity index (χ0v) is 12.2. The number of hydrogen-bond acceptors (Lipinski definition) is 3. The molecule has 0 saturated carbocycles. The van der Waals surface area contributed by atoms with E-state index in [4.69, 9.17) is 0 Å². The Morgan fingerprint density at radius 3 is 3.10 bits per heavy atom. The molecule has 104 valence electrons. The summed E-state index contributed by atoms with van der Waals surface area (Å²) in [6.45, 7) is 2.87. The monoisotopic (exact) mass is 287 g/mol. The van der Waals surface area contributed by atoms with E-state index in [0.29, 0.717) is 6.42 Å². The predicted molar refractivity (Wildman–Crippen MR) is 80.0 cm³/mol. The van der Waals surface area contributed by atoms with Crippen molar-refractivity contribution in [3.8, 4) is 5.75 Å². The maximum Gasteiger partial charge on any atom is 0.227 e. The normalized spacial score (nSPS) is 17.9. The van der Waals surface area contributed by atoms with Crippen molar-refractivity contribution in [1.29, 1.82) is 0 Å². The highest BCUT2D eigenvalue weighted by Crippen LogP contribution is 2.33. The SMILES string of the molecule is CC1c2ccsc2CCN1C(=O)Cc1cccc(O)c1. The van der Waals surface area contributed by atoms with Crippen LogP contribution in [0, 0.1) is 0 Å². The van der Waals surface area contributed by atoms with Crippen molar-refractivity contribution in [3.63, 3.8) is 0 Å². The number of rotatable bonds is 2. The molecule has 20 heavy (non-hydrogen) atoms. The first-order valence-corrected chi connectivity index (χ1v) is 7.67. The van der Waals surface area contributed by atoms with Crippen LogP contribution in [0.4, 0.5) is 0 Å². The molecule has 0 fully saturated rings. The molecule has 1 N–H and O–H groups in total. The van der Waals surface area contributed by atoms with Gasteiger partial charge < -0.3 is 10.0 Å². The summed E-state index contributed by atoms with van der Waals surface area (Å²) < 4.78 is 0. The summed E-state index contributed by atoms with van der Waals surface area (Å²) >= 11 is 1.78. The molecule has 2 heterocycles. The van der Waals surface area contributed by atoms with Gasteiger partial charge in [-0.2, -0.15) is 0 Å². The highest BCUT2D eigenvalue weighted by atomic mass is 32.1. The summed E-state index contributed by atoms with van der Waals surface area (Å²) in [5.41, 5.74) is 2.14. The number of aromatic hydroxyl groups is 1. The van der Waals surface area contributed by atoms with Crippen molar-refractivity contribution >= 4 is 17.2 Å². The molecule has 1 aliphatic rings. The van der Waals surface area contributed by atoms with E-state index >= 15 is 0 Å². The number of phenolic OH excluding ortho intramolecular Hbond substituents is 1. The standard InChI is InChI=1S/C16H17NO2S/c1-11-14-6-8-20-15(14)5-7-17(11)16(19)10-12-3-2-4-13(18)9-12/h2-4,6,8-9,11,18H,5,7,10H2,1H3. The van der Waals surface area contributed by atoms with Crippen molar-refractivity contribution in [1.82, 2.24) is 4.90 Å². The summed E-state index contributed by atoms with van der Waals surface area (Å²) in [6.07, 6.45) is 1.29. The molecule has 1 aromatic heterocycles. The maximum atomic E-state index is 12.5. The van der Waals surface area contributed by atoms with Crippen LogP contribution in [-0.2, 0) is 17.6 Å². The first-order valence-electron chi connectivity index (χ1n) is 6.79. The smallest absolute Gasteiger partial charge is 0.227 e. The van der Waals surface area contributed by atoms with E-state index in [1.165, 1.54) is 10.4 Å². The van der Waals surface area contributed by atoms with Gasteiger partial charge in [-0.05, 0) is 48.1 Å². The number of benzene rings is 1. The number of phenols is 1. The number of hydrogen-bond donors (Lipinski definition) is 1. The fourth-order valence-electron chi connectivity index (χ4n) is 2.79. The van der Waals surface area contributed by atoms with Crippen LogP contribution in [-0.4, -0.2) is 22.5 Å². The molecule has 0 bridgehead atoms. The van der Waals surface area contributed by atoms with Gasteiger partial charge in [0.2, 0.25) is 5.91 Å². The molecule has 1 aliphatic heterocycles. The lowest BCUT2D eigenvalue weighted by Gasteiger charge is -2.33. The number of amides is 1. The quantitative estimate of drug-likeness (QED) is 0.922. The summed E-state index contributed by atoms with van der Waals surface area (Å²) in [7, 11) is 0. The molecule has 0 spiro atoms. The van der Waals surface area contributed by atoms with Crippen LogP contribution in [0.15, 0.2) is 35.7 Å². The number of carbonyl (C=O) groups is 1. The van der Waals surface area contributed by atoms with Gasteiger partial charge in [0, 0.05) is 11.4 Å². The Kier molecular flexibility index (Phi) is 3.49. The van der Waals surface area contributed by atoms with Gasteiger partial charge in [0.1, 0.15) is 5.75 Å². The average molecular weight is 287 g/mol. The Balaban J connectivity index is 1.75. The third-order valence-electron chi connectivity index (χ3n) is 3.86. The first kappa shape index (κ1) is 13.2. The highest BCUT2D eigenvalue weighted by Gasteiger charge is 2.28. The van der Waals surface area contributed by atoms with Gasteiger partial charge in [-0.1, -0.05) is 12.1 Å². The number of fused-ring (bicyclic) bond motifs is 1. The average Bonchev–Trinajstić information content (AvgIpc) is 2.88. The predicted octanol–water partition coefficient (Wildman–Crippen LogP) is 3.14. The van der Waals surface area contributed by atoms with E-state index in [2.05, 4.69) is 18.4 Å². The zero-order valence-electron chi connectivity index (χ0n) is 11.4. The van der Waals surface area contributed by atoms with E-state index in [9.17, 15) is 9.90 Å². The zero-order chi connectivity index (χ0) is 14.1. The van der Waals surface area contributed by atoms with Crippen LogP contribution < -0.4 is 0 Å². The lowest BCUT2D eigenvalue weighted by Crippen LogP contribution is -2.39. The summed E-state index contributed by atoms with van der Waals surface area (Å²) in [5, 5.41) is 11.6. The van der Waals surface area contributed by atoms with E-state index in [1.54, 1.807) is 29.5 Å². The minimum absolute atomic E-state index is 0.125. The third-order valence-corrected chi connectivity index (χ3v) is 4.86. The lowest BCUT2D eigenvalue weighted by molar-refractivity contribution is -0.133. The minimum atomic E-state index is 0.125. The fourth-order valence-corrected chi connectivity index (χ4v) is 3.76. The molecule has 1 aromatic carbocycles. The van der Waals surface area contributed by atoms with Crippen molar-refractivity contribution in [2.75, 3.05) is 6.54 Å². The molecule has 1 unspecified atom stereocenters. The van der Waals surface area contributed by atoms with Gasteiger partial charge >= 0.3 is 0 Å². The van der Waals surface area contributed by atoms with Gasteiger partial charge in [0.15, 0.2) is 0 Å². The van der Waals surface area contributed by atoms with Crippen LogP contribution in [0.3, 0.4) is 0 Å². The second kappa shape index (κ2) is 5.29. The van der Waals surface area contributed by atoms with Gasteiger partial charge in [-0.15, -0.1) is 11.3 Å². The summed E-state index contributed by atoms with van der Waals surface area (Å²) in [4.78, 5) is 15.8. The van der Waals surface area contributed by atoms with Crippen LogP contribution in [0.25, 0.3) is 0 Å². The molecule has 0 saturated heterocycles. The second-order valence-electron chi connectivity index (χ2n) is 5.16. The molecule has 1 amide bonds. The van der Waals surface area contributed by atoms with Crippen molar-refractivity contribution in [2.24, 2.45) is 0 Å². The Labute approximate surface area is 122 Å². The Morgan fingerprint density at radius 2 is 2.30 bits per heavy atom. The molecular formula is C16H17NO2S. The number of thiophene rings is 1. The van der Waals surface area contributed by atoms with E-state index < -0.39 is 0 Å². The van der Waals surface area contributed by atoms with E-state index in [0.717, 1.165) is 18.5 Å².